The van der Waals surface area contributed by atoms with Gasteiger partial charge < -0.3 is 9.57 Å². The molecule has 0 heterocycles. The Hall–Kier alpha value is -0.580. The van der Waals surface area contributed by atoms with Crippen LogP contribution in [0.5, 0.6) is 5.75 Å². The molecule has 0 saturated heterocycles. The van der Waals surface area contributed by atoms with Crippen LogP contribution in [0.15, 0.2) is 22.7 Å². The smallest absolute Gasteiger partial charge is 0.133 e. The summed E-state index contributed by atoms with van der Waals surface area (Å²) in [6.45, 7) is 0.519. The van der Waals surface area contributed by atoms with Crippen molar-refractivity contribution in [3.05, 3.63) is 28.2 Å². The standard InChI is InChI=1S/C9H12BrNO2/c1-12-9-6-7(4-5-13-11)2-3-8(9)10/h2-3,6H,4-5,11H2,1H3. The summed E-state index contributed by atoms with van der Waals surface area (Å²) in [7, 11) is 1.64. The number of hydrogen-bond donors (Lipinski definition) is 1. The molecule has 0 spiro atoms. The van der Waals surface area contributed by atoms with Crippen molar-refractivity contribution in [2.45, 2.75) is 6.42 Å². The molecule has 2 N–H and O–H groups in total. The van der Waals surface area contributed by atoms with Gasteiger partial charge >= 0.3 is 0 Å². The van der Waals surface area contributed by atoms with Crippen LogP contribution in [0.25, 0.3) is 0 Å². The summed E-state index contributed by atoms with van der Waals surface area (Å²) in [6.07, 6.45) is 0.792. The van der Waals surface area contributed by atoms with Crippen molar-refractivity contribution >= 4 is 15.9 Å². The molecule has 0 fully saturated rings. The molecule has 0 atom stereocenters. The molecule has 3 nitrogen and oxygen atoms in total. The number of halogens is 1. The molecule has 0 aliphatic carbocycles. The monoisotopic (exact) mass is 245 g/mol. The number of rotatable bonds is 4. The van der Waals surface area contributed by atoms with Crippen LogP contribution in [-0.2, 0) is 11.3 Å². The Bertz CT molecular complexity index is 278. The maximum absolute atomic E-state index is 5.15. The van der Waals surface area contributed by atoms with Gasteiger partial charge in [0.15, 0.2) is 0 Å². The fourth-order valence-corrected chi connectivity index (χ4v) is 1.44. The van der Waals surface area contributed by atoms with Gasteiger partial charge in [0.25, 0.3) is 0 Å². The second-order valence-corrected chi connectivity index (χ2v) is 3.44. The van der Waals surface area contributed by atoms with Gasteiger partial charge in [0.05, 0.1) is 18.2 Å². The van der Waals surface area contributed by atoms with E-state index in [2.05, 4.69) is 20.8 Å². The van der Waals surface area contributed by atoms with E-state index in [1.807, 2.05) is 18.2 Å². The summed E-state index contributed by atoms with van der Waals surface area (Å²) >= 11 is 3.38. The van der Waals surface area contributed by atoms with E-state index >= 15 is 0 Å². The lowest BCUT2D eigenvalue weighted by Gasteiger charge is -2.05. The van der Waals surface area contributed by atoms with Crippen LogP contribution in [0.2, 0.25) is 0 Å². The van der Waals surface area contributed by atoms with E-state index in [4.69, 9.17) is 10.6 Å². The molecule has 1 rings (SSSR count). The van der Waals surface area contributed by atoms with Crippen molar-refractivity contribution in [3.63, 3.8) is 0 Å². The minimum atomic E-state index is 0.519. The molecule has 4 heteroatoms. The fourth-order valence-electron chi connectivity index (χ4n) is 1.04. The van der Waals surface area contributed by atoms with E-state index in [0.717, 1.165) is 22.2 Å². The van der Waals surface area contributed by atoms with Gasteiger partial charge in [-0.05, 0) is 40.0 Å². The first kappa shape index (κ1) is 10.5. The number of nitrogens with two attached hydrogens (primary N) is 1. The third-order valence-electron chi connectivity index (χ3n) is 1.72. The van der Waals surface area contributed by atoms with E-state index in [9.17, 15) is 0 Å². The third kappa shape index (κ3) is 2.99. The van der Waals surface area contributed by atoms with Gasteiger partial charge in [-0.2, -0.15) is 0 Å². The highest BCUT2D eigenvalue weighted by molar-refractivity contribution is 9.10. The largest absolute Gasteiger partial charge is 0.496 e. The molecule has 0 bridgehead atoms. The highest BCUT2D eigenvalue weighted by atomic mass is 79.9. The van der Waals surface area contributed by atoms with E-state index in [0.29, 0.717) is 6.61 Å². The zero-order valence-corrected chi connectivity index (χ0v) is 9.00. The van der Waals surface area contributed by atoms with Gasteiger partial charge in [0.1, 0.15) is 5.75 Å². The lowest BCUT2D eigenvalue weighted by atomic mass is 10.1. The van der Waals surface area contributed by atoms with Crippen molar-refractivity contribution < 1.29 is 9.57 Å². The highest BCUT2D eigenvalue weighted by Gasteiger charge is 2.00. The number of benzene rings is 1. The van der Waals surface area contributed by atoms with Gasteiger partial charge in [-0.25, -0.2) is 5.90 Å². The topological polar surface area (TPSA) is 44.5 Å². The molecule has 1 aromatic carbocycles. The van der Waals surface area contributed by atoms with Crippen LogP contribution >= 0.6 is 15.9 Å². The Labute approximate surface area is 85.9 Å². The summed E-state index contributed by atoms with van der Waals surface area (Å²) in [6, 6.07) is 5.92. The molecular formula is C9H12BrNO2. The predicted octanol–water partition coefficient (Wildman–Crippen LogP) is 1.89. The third-order valence-corrected chi connectivity index (χ3v) is 2.38. The van der Waals surface area contributed by atoms with Crippen LogP contribution < -0.4 is 10.6 Å². The summed E-state index contributed by atoms with van der Waals surface area (Å²) in [5, 5.41) is 0. The summed E-state index contributed by atoms with van der Waals surface area (Å²) in [5.74, 6) is 5.76. The number of methoxy groups -OCH3 is 1. The van der Waals surface area contributed by atoms with Crippen molar-refractivity contribution in [3.8, 4) is 5.75 Å². The van der Waals surface area contributed by atoms with Crippen LogP contribution in [0.3, 0.4) is 0 Å². The first-order valence-electron chi connectivity index (χ1n) is 3.92. The normalized spacial score (nSPS) is 10.1. The first-order valence-corrected chi connectivity index (χ1v) is 4.71. The molecule has 0 saturated carbocycles. The molecule has 72 valence electrons. The van der Waals surface area contributed by atoms with E-state index < -0.39 is 0 Å². The average Bonchev–Trinajstić information content (AvgIpc) is 2.16. The molecular weight excluding hydrogens is 234 g/mol. The maximum atomic E-state index is 5.15. The van der Waals surface area contributed by atoms with Crippen molar-refractivity contribution in [1.82, 2.24) is 0 Å². The zero-order valence-electron chi connectivity index (χ0n) is 7.42. The van der Waals surface area contributed by atoms with Crippen LogP contribution in [0, 0.1) is 0 Å². The second kappa shape index (κ2) is 5.21. The molecule has 0 aliphatic heterocycles. The van der Waals surface area contributed by atoms with E-state index in [-0.39, 0.29) is 0 Å². The molecule has 0 radical (unpaired) electrons. The lowest BCUT2D eigenvalue weighted by molar-refractivity contribution is 0.141. The van der Waals surface area contributed by atoms with Crippen molar-refractivity contribution in [2.24, 2.45) is 5.90 Å². The minimum absolute atomic E-state index is 0.519. The molecule has 0 aliphatic rings. The van der Waals surface area contributed by atoms with Crippen LogP contribution in [0.4, 0.5) is 0 Å². The van der Waals surface area contributed by atoms with Crippen LogP contribution in [-0.4, -0.2) is 13.7 Å². The van der Waals surface area contributed by atoms with Gasteiger partial charge in [0.2, 0.25) is 0 Å². The molecule has 0 amide bonds. The Morgan fingerprint density at radius 2 is 2.23 bits per heavy atom. The Balaban J connectivity index is 2.74. The number of ether oxygens (including phenoxy) is 1. The predicted molar refractivity (Wildman–Crippen MR) is 54.5 cm³/mol. The van der Waals surface area contributed by atoms with E-state index in [1.54, 1.807) is 7.11 Å². The average molecular weight is 246 g/mol. The molecule has 13 heavy (non-hydrogen) atoms. The van der Waals surface area contributed by atoms with Gasteiger partial charge in [-0.3, -0.25) is 0 Å². The summed E-state index contributed by atoms with van der Waals surface area (Å²) < 4.78 is 6.10. The lowest BCUT2D eigenvalue weighted by Crippen LogP contribution is -2.03. The maximum Gasteiger partial charge on any atom is 0.133 e. The summed E-state index contributed by atoms with van der Waals surface area (Å²) in [5.41, 5.74) is 1.14. The second-order valence-electron chi connectivity index (χ2n) is 2.59. The quantitative estimate of drug-likeness (QED) is 0.825. The zero-order chi connectivity index (χ0) is 9.68. The van der Waals surface area contributed by atoms with Gasteiger partial charge in [0, 0.05) is 0 Å². The SMILES string of the molecule is COc1cc(CCON)ccc1Br. The minimum Gasteiger partial charge on any atom is -0.496 e. The Morgan fingerprint density at radius 1 is 1.46 bits per heavy atom. The molecule has 0 aromatic heterocycles. The van der Waals surface area contributed by atoms with Crippen molar-refractivity contribution in [2.75, 3.05) is 13.7 Å². The van der Waals surface area contributed by atoms with Crippen LogP contribution in [0.1, 0.15) is 5.56 Å². The molecule has 0 unspecified atom stereocenters. The van der Waals surface area contributed by atoms with Gasteiger partial charge in [-0.1, -0.05) is 6.07 Å². The Kier molecular flexibility index (Phi) is 4.21. The highest BCUT2D eigenvalue weighted by Crippen LogP contribution is 2.25. The summed E-state index contributed by atoms with van der Waals surface area (Å²) in [4.78, 5) is 4.50. The Morgan fingerprint density at radius 3 is 2.85 bits per heavy atom. The fraction of sp³-hybridized carbons (Fsp3) is 0.333. The first-order chi connectivity index (χ1) is 6.27. The van der Waals surface area contributed by atoms with Crippen molar-refractivity contribution in [1.29, 1.82) is 0 Å². The molecule has 1 aromatic rings. The van der Waals surface area contributed by atoms with Gasteiger partial charge in [-0.15, -0.1) is 0 Å². The number of hydrogen-bond acceptors (Lipinski definition) is 3. The van der Waals surface area contributed by atoms with E-state index in [1.165, 1.54) is 0 Å².